The third-order valence-electron chi connectivity index (χ3n) is 3.12. The first-order valence-corrected chi connectivity index (χ1v) is 6.50. The van der Waals surface area contributed by atoms with E-state index in [1.54, 1.807) is 6.07 Å². The van der Waals surface area contributed by atoms with E-state index in [9.17, 15) is 9.59 Å². The Bertz CT molecular complexity index is 646. The fraction of sp³-hybridized carbons (Fsp3) is 0.312. The lowest BCUT2D eigenvalue weighted by Crippen LogP contribution is -2.13. The highest BCUT2D eigenvalue weighted by atomic mass is 16.2. The summed E-state index contributed by atoms with van der Waals surface area (Å²) in [7, 11) is 0. The summed E-state index contributed by atoms with van der Waals surface area (Å²) < 4.78 is 1.54. The summed E-state index contributed by atoms with van der Waals surface area (Å²) in [6, 6.07) is 9.36. The molecular formula is C16H18N2O2. The molecule has 0 bridgehead atoms. The molecule has 0 fully saturated rings. The van der Waals surface area contributed by atoms with Crippen molar-refractivity contribution in [1.82, 2.24) is 9.78 Å². The van der Waals surface area contributed by atoms with Crippen molar-refractivity contribution in [1.29, 1.82) is 0 Å². The number of nitrogens with zero attached hydrogens (tertiary/aromatic N) is 2. The van der Waals surface area contributed by atoms with Crippen molar-refractivity contribution in [3.8, 4) is 5.69 Å². The van der Waals surface area contributed by atoms with E-state index in [2.05, 4.69) is 5.10 Å². The second-order valence-corrected chi connectivity index (χ2v) is 5.89. The number of rotatable bonds is 3. The number of hydrogen-bond donors (Lipinski definition) is 0. The molecule has 0 saturated heterocycles. The minimum absolute atomic E-state index is 0.187. The van der Waals surface area contributed by atoms with Gasteiger partial charge in [-0.15, -0.1) is 0 Å². The van der Waals surface area contributed by atoms with Crippen molar-refractivity contribution >= 4 is 12.1 Å². The normalized spacial score (nSPS) is 11.4. The molecule has 0 N–H and O–H groups in total. The maximum Gasteiger partial charge on any atom is 0.243 e. The van der Waals surface area contributed by atoms with E-state index in [0.717, 1.165) is 16.9 Å². The molecule has 0 radical (unpaired) electrons. The molecule has 104 valence electrons. The number of aryl methyl sites for hydroxylation is 1. The number of aldehydes is 1. The van der Waals surface area contributed by atoms with Gasteiger partial charge in [-0.25, -0.2) is 4.68 Å². The maximum atomic E-state index is 11.8. The van der Waals surface area contributed by atoms with Gasteiger partial charge >= 0.3 is 0 Å². The minimum Gasteiger partial charge on any atom is -0.294 e. The SMILES string of the molecule is Cc1ccc(-n2nc(C(C)(C)C)cc2C(=O)C=O)cc1. The van der Waals surface area contributed by atoms with Gasteiger partial charge in [-0.3, -0.25) is 9.59 Å². The Morgan fingerprint density at radius 1 is 1.20 bits per heavy atom. The molecule has 0 spiro atoms. The summed E-state index contributed by atoms with van der Waals surface area (Å²) in [5.41, 5.74) is 2.79. The molecule has 1 aromatic heterocycles. The first-order valence-electron chi connectivity index (χ1n) is 6.50. The summed E-state index contributed by atoms with van der Waals surface area (Å²) in [4.78, 5) is 22.6. The Morgan fingerprint density at radius 3 is 2.30 bits per heavy atom. The Balaban J connectivity index is 2.61. The third kappa shape index (κ3) is 2.69. The predicted octanol–water partition coefficient (Wildman–Crippen LogP) is 2.86. The summed E-state index contributed by atoms with van der Waals surface area (Å²) in [6.45, 7) is 8.04. The van der Waals surface area contributed by atoms with Crippen LogP contribution in [0.25, 0.3) is 5.69 Å². The van der Waals surface area contributed by atoms with Crippen LogP contribution in [-0.2, 0) is 10.2 Å². The molecule has 0 aliphatic heterocycles. The Morgan fingerprint density at radius 2 is 1.80 bits per heavy atom. The van der Waals surface area contributed by atoms with Gasteiger partial charge in [-0.05, 0) is 25.1 Å². The van der Waals surface area contributed by atoms with Crippen LogP contribution in [0.4, 0.5) is 0 Å². The van der Waals surface area contributed by atoms with Gasteiger partial charge in [0.2, 0.25) is 5.78 Å². The van der Waals surface area contributed by atoms with E-state index in [1.165, 1.54) is 4.68 Å². The van der Waals surface area contributed by atoms with E-state index in [-0.39, 0.29) is 5.41 Å². The van der Waals surface area contributed by atoms with Crippen LogP contribution in [-0.4, -0.2) is 21.8 Å². The quantitative estimate of drug-likeness (QED) is 0.489. The van der Waals surface area contributed by atoms with Crippen molar-refractivity contribution in [3.63, 3.8) is 0 Å². The van der Waals surface area contributed by atoms with Gasteiger partial charge in [0.05, 0.1) is 11.4 Å². The lowest BCUT2D eigenvalue weighted by molar-refractivity contribution is -0.104. The van der Waals surface area contributed by atoms with Gasteiger partial charge < -0.3 is 0 Å². The first-order chi connectivity index (χ1) is 9.32. The smallest absolute Gasteiger partial charge is 0.243 e. The van der Waals surface area contributed by atoms with Gasteiger partial charge in [0.1, 0.15) is 5.69 Å². The first kappa shape index (κ1) is 14.2. The number of benzene rings is 1. The van der Waals surface area contributed by atoms with Crippen LogP contribution in [0.2, 0.25) is 0 Å². The van der Waals surface area contributed by atoms with E-state index >= 15 is 0 Å². The molecule has 0 saturated carbocycles. The van der Waals surface area contributed by atoms with E-state index in [4.69, 9.17) is 0 Å². The van der Waals surface area contributed by atoms with Gasteiger partial charge in [0.25, 0.3) is 0 Å². The number of aromatic nitrogens is 2. The molecule has 1 heterocycles. The number of carbonyl (C=O) groups is 2. The fourth-order valence-corrected chi connectivity index (χ4v) is 1.87. The van der Waals surface area contributed by atoms with E-state index < -0.39 is 5.78 Å². The molecule has 0 unspecified atom stereocenters. The zero-order chi connectivity index (χ0) is 14.9. The summed E-state index contributed by atoms with van der Waals surface area (Å²) in [5.74, 6) is -0.562. The molecule has 1 aromatic carbocycles. The van der Waals surface area contributed by atoms with Crippen LogP contribution in [0.1, 0.15) is 42.5 Å². The topological polar surface area (TPSA) is 52.0 Å². The molecular weight excluding hydrogens is 252 g/mol. The molecule has 0 amide bonds. The predicted molar refractivity (Wildman–Crippen MR) is 77.4 cm³/mol. The molecule has 0 aliphatic carbocycles. The van der Waals surface area contributed by atoms with Crippen LogP contribution < -0.4 is 0 Å². The highest BCUT2D eigenvalue weighted by Gasteiger charge is 2.23. The van der Waals surface area contributed by atoms with Gasteiger partial charge in [-0.1, -0.05) is 38.5 Å². The molecule has 4 heteroatoms. The van der Waals surface area contributed by atoms with Gasteiger partial charge in [-0.2, -0.15) is 5.10 Å². The van der Waals surface area contributed by atoms with Gasteiger partial charge in [0, 0.05) is 5.41 Å². The zero-order valence-electron chi connectivity index (χ0n) is 12.2. The summed E-state index contributed by atoms with van der Waals surface area (Å²) >= 11 is 0. The average Bonchev–Trinajstić information content (AvgIpc) is 2.83. The fourth-order valence-electron chi connectivity index (χ4n) is 1.87. The standard InChI is InChI=1S/C16H18N2O2/c1-11-5-7-12(8-6-11)18-13(14(20)10-19)9-15(17-18)16(2,3)4/h5-10H,1-4H3. The van der Waals surface area contributed by atoms with Crippen molar-refractivity contribution in [2.45, 2.75) is 33.1 Å². The summed E-state index contributed by atoms with van der Waals surface area (Å²) in [6.07, 6.45) is 0.328. The van der Waals surface area contributed by atoms with Gasteiger partial charge in [0.15, 0.2) is 6.29 Å². The largest absolute Gasteiger partial charge is 0.294 e. The Labute approximate surface area is 118 Å². The van der Waals surface area contributed by atoms with Crippen LogP contribution in [0.5, 0.6) is 0 Å². The highest BCUT2D eigenvalue weighted by Crippen LogP contribution is 2.23. The zero-order valence-corrected chi connectivity index (χ0v) is 12.2. The third-order valence-corrected chi connectivity index (χ3v) is 3.12. The monoisotopic (exact) mass is 270 g/mol. The van der Waals surface area contributed by atoms with Crippen LogP contribution in [0.15, 0.2) is 30.3 Å². The Kier molecular flexibility index (Phi) is 3.57. The van der Waals surface area contributed by atoms with Crippen molar-refractivity contribution in [2.24, 2.45) is 0 Å². The highest BCUT2D eigenvalue weighted by molar-refractivity contribution is 6.32. The van der Waals surface area contributed by atoms with Crippen molar-refractivity contribution in [3.05, 3.63) is 47.3 Å². The van der Waals surface area contributed by atoms with Crippen molar-refractivity contribution < 1.29 is 9.59 Å². The second kappa shape index (κ2) is 5.04. The van der Waals surface area contributed by atoms with Crippen LogP contribution in [0, 0.1) is 6.92 Å². The number of Topliss-reactive ketones (excluding diaryl/α,β-unsaturated/α-hetero) is 1. The maximum absolute atomic E-state index is 11.8. The molecule has 20 heavy (non-hydrogen) atoms. The Hall–Kier alpha value is -2.23. The lowest BCUT2D eigenvalue weighted by Gasteiger charge is -2.14. The number of hydrogen-bond acceptors (Lipinski definition) is 3. The summed E-state index contributed by atoms with van der Waals surface area (Å²) in [5, 5.41) is 4.49. The molecule has 0 aliphatic rings. The minimum atomic E-state index is -0.562. The molecule has 4 nitrogen and oxygen atoms in total. The van der Waals surface area contributed by atoms with Crippen LogP contribution >= 0.6 is 0 Å². The van der Waals surface area contributed by atoms with E-state index in [0.29, 0.717) is 12.0 Å². The van der Waals surface area contributed by atoms with Crippen molar-refractivity contribution in [2.75, 3.05) is 0 Å². The van der Waals surface area contributed by atoms with Crippen LogP contribution in [0.3, 0.4) is 0 Å². The molecule has 2 aromatic rings. The van der Waals surface area contributed by atoms with E-state index in [1.807, 2.05) is 52.0 Å². The lowest BCUT2D eigenvalue weighted by atomic mass is 9.92. The number of carbonyl (C=O) groups excluding carboxylic acids is 2. The average molecular weight is 270 g/mol. The second-order valence-electron chi connectivity index (χ2n) is 5.89. The molecule has 0 atom stereocenters. The molecule has 2 rings (SSSR count). The number of ketones is 1.